The maximum Gasteiger partial charge on any atom is 0.416 e. The van der Waals surface area contributed by atoms with E-state index in [1.54, 1.807) is 0 Å². The number of nitrogens with zero attached hydrogens (tertiary/aromatic N) is 5. The van der Waals surface area contributed by atoms with Crippen LogP contribution in [0.25, 0.3) is 16.7 Å². The summed E-state index contributed by atoms with van der Waals surface area (Å²) in [6.45, 7) is 0. The van der Waals surface area contributed by atoms with Gasteiger partial charge >= 0.3 is 6.18 Å². The Morgan fingerprint density at radius 1 is 1.04 bits per heavy atom. The van der Waals surface area contributed by atoms with Gasteiger partial charge in [0.1, 0.15) is 11.7 Å². The van der Waals surface area contributed by atoms with Gasteiger partial charge in [0, 0.05) is 0 Å². The summed E-state index contributed by atoms with van der Waals surface area (Å²) < 4.78 is 40.9. The lowest BCUT2D eigenvalue weighted by molar-refractivity contribution is -0.137. The summed E-state index contributed by atoms with van der Waals surface area (Å²) in [6.07, 6.45) is -0.692. The summed E-state index contributed by atoms with van der Waals surface area (Å²) in [5.74, 6) is 0. The topological polar surface area (TPSA) is 65.1 Å². The lowest BCUT2D eigenvalue weighted by Crippen LogP contribution is -2.17. The van der Waals surface area contributed by atoms with Gasteiger partial charge in [-0.1, -0.05) is 30.3 Å². The van der Waals surface area contributed by atoms with E-state index in [4.69, 9.17) is 0 Å². The predicted molar refractivity (Wildman–Crippen MR) is 97.6 cm³/mol. The van der Waals surface area contributed by atoms with Crippen LogP contribution >= 0.6 is 0 Å². The van der Waals surface area contributed by atoms with Gasteiger partial charge in [0.15, 0.2) is 5.65 Å². The molecule has 0 amide bonds. The van der Waals surface area contributed by atoms with Crippen molar-refractivity contribution in [1.82, 2.24) is 19.4 Å². The van der Waals surface area contributed by atoms with Gasteiger partial charge in [-0.05, 0) is 29.8 Å². The van der Waals surface area contributed by atoms with Crippen LogP contribution in [0.15, 0.2) is 77.0 Å². The molecule has 0 spiro atoms. The van der Waals surface area contributed by atoms with Crippen LogP contribution < -0.4 is 5.56 Å². The molecule has 0 fully saturated rings. The molecule has 0 saturated heterocycles. The molecule has 2 aromatic carbocycles. The van der Waals surface area contributed by atoms with Gasteiger partial charge in [-0.3, -0.25) is 4.79 Å². The van der Waals surface area contributed by atoms with E-state index in [0.29, 0.717) is 5.65 Å². The van der Waals surface area contributed by atoms with Crippen molar-refractivity contribution in [3.8, 4) is 5.69 Å². The first-order valence-corrected chi connectivity index (χ1v) is 8.16. The molecule has 28 heavy (non-hydrogen) atoms. The Bertz CT molecular complexity index is 1230. The third kappa shape index (κ3) is 3.29. The molecule has 9 heteroatoms. The number of alkyl halides is 3. The standard InChI is InChI=1S/C19H12F3N5O/c20-19(21,22)14-6-4-5-13(9-14)10-24-26-12-23-17-16(18(26)28)11-25-27(17)15-7-2-1-3-8-15/h1-12H/b24-10+. The minimum Gasteiger partial charge on any atom is -0.266 e. The van der Waals surface area contributed by atoms with Crippen LogP contribution in [0.3, 0.4) is 0 Å². The number of halogens is 3. The molecule has 2 heterocycles. The van der Waals surface area contributed by atoms with Crippen LogP contribution in [0.1, 0.15) is 11.1 Å². The minimum absolute atomic E-state index is 0.210. The first kappa shape index (κ1) is 17.7. The fraction of sp³-hybridized carbons (Fsp3) is 0.0526. The zero-order valence-electron chi connectivity index (χ0n) is 14.2. The Morgan fingerprint density at radius 3 is 2.57 bits per heavy atom. The molecule has 0 unspecified atom stereocenters. The second kappa shape index (κ2) is 6.76. The molecule has 0 bridgehead atoms. The number of fused-ring (bicyclic) bond motifs is 1. The monoisotopic (exact) mass is 383 g/mol. The highest BCUT2D eigenvalue weighted by Gasteiger charge is 2.30. The van der Waals surface area contributed by atoms with E-state index in [1.807, 2.05) is 30.3 Å². The summed E-state index contributed by atoms with van der Waals surface area (Å²) in [5, 5.41) is 8.38. The van der Waals surface area contributed by atoms with Gasteiger partial charge in [-0.2, -0.15) is 28.0 Å². The Labute approximate surface area is 156 Å². The van der Waals surface area contributed by atoms with Gasteiger partial charge in [0.2, 0.25) is 0 Å². The SMILES string of the molecule is O=c1c2cnn(-c3ccccc3)c2ncn1/N=C/c1cccc(C(F)(F)F)c1. The molecule has 0 N–H and O–H groups in total. The van der Waals surface area contributed by atoms with E-state index in [2.05, 4.69) is 15.2 Å². The van der Waals surface area contributed by atoms with Crippen molar-refractivity contribution in [3.05, 3.63) is 88.6 Å². The lowest BCUT2D eigenvalue weighted by Gasteiger charge is -2.06. The largest absolute Gasteiger partial charge is 0.416 e. The Morgan fingerprint density at radius 2 is 1.82 bits per heavy atom. The molecular weight excluding hydrogens is 371 g/mol. The summed E-state index contributed by atoms with van der Waals surface area (Å²) in [7, 11) is 0. The molecule has 0 aliphatic rings. The van der Waals surface area contributed by atoms with Crippen LogP contribution in [-0.4, -0.2) is 25.7 Å². The maximum absolute atomic E-state index is 12.8. The quantitative estimate of drug-likeness (QED) is 0.509. The van der Waals surface area contributed by atoms with Crippen molar-refractivity contribution < 1.29 is 13.2 Å². The average Bonchev–Trinajstić information content (AvgIpc) is 3.13. The van der Waals surface area contributed by atoms with Gasteiger partial charge in [0.25, 0.3) is 5.56 Å². The van der Waals surface area contributed by atoms with Crippen LogP contribution in [0.2, 0.25) is 0 Å². The highest BCUT2D eigenvalue weighted by molar-refractivity contribution is 5.80. The fourth-order valence-electron chi connectivity index (χ4n) is 2.67. The predicted octanol–water partition coefficient (Wildman–Crippen LogP) is 3.48. The van der Waals surface area contributed by atoms with Crippen molar-refractivity contribution >= 4 is 17.2 Å². The summed E-state index contributed by atoms with van der Waals surface area (Å²) in [5.41, 5.74) is 0.0510. The zero-order chi connectivity index (χ0) is 19.7. The number of aromatic nitrogens is 4. The van der Waals surface area contributed by atoms with E-state index in [1.165, 1.54) is 35.6 Å². The summed E-state index contributed by atoms with van der Waals surface area (Å²) >= 11 is 0. The number of para-hydroxylation sites is 1. The molecule has 0 atom stereocenters. The molecule has 0 saturated carbocycles. The third-order valence-electron chi connectivity index (χ3n) is 4.02. The van der Waals surface area contributed by atoms with E-state index in [0.717, 1.165) is 22.5 Å². The van der Waals surface area contributed by atoms with E-state index >= 15 is 0 Å². The average molecular weight is 383 g/mol. The van der Waals surface area contributed by atoms with Gasteiger partial charge in [0.05, 0.1) is 23.7 Å². The number of hydrogen-bond donors (Lipinski definition) is 0. The Hall–Kier alpha value is -3.75. The van der Waals surface area contributed by atoms with Gasteiger partial charge in [-0.15, -0.1) is 0 Å². The first-order chi connectivity index (χ1) is 13.4. The Balaban J connectivity index is 1.70. The van der Waals surface area contributed by atoms with Gasteiger partial charge in [-0.25, -0.2) is 9.67 Å². The third-order valence-corrected chi connectivity index (χ3v) is 4.02. The van der Waals surface area contributed by atoms with Crippen LogP contribution in [0.5, 0.6) is 0 Å². The van der Waals surface area contributed by atoms with Gasteiger partial charge < -0.3 is 0 Å². The highest BCUT2D eigenvalue weighted by Crippen LogP contribution is 2.29. The number of rotatable bonds is 3. The van der Waals surface area contributed by atoms with Crippen LogP contribution in [0.4, 0.5) is 13.2 Å². The molecule has 0 radical (unpaired) electrons. The van der Waals surface area contributed by atoms with Crippen molar-refractivity contribution in [1.29, 1.82) is 0 Å². The molecule has 4 aromatic rings. The molecule has 0 aliphatic heterocycles. The van der Waals surface area contributed by atoms with E-state index in [9.17, 15) is 18.0 Å². The minimum atomic E-state index is -4.45. The van der Waals surface area contributed by atoms with Crippen molar-refractivity contribution in [2.45, 2.75) is 6.18 Å². The molecule has 2 aromatic heterocycles. The molecule has 6 nitrogen and oxygen atoms in total. The molecular formula is C19H12F3N5O. The van der Waals surface area contributed by atoms with Crippen molar-refractivity contribution in [2.75, 3.05) is 0 Å². The zero-order valence-corrected chi connectivity index (χ0v) is 14.2. The van der Waals surface area contributed by atoms with Crippen LogP contribution in [0, 0.1) is 0 Å². The van der Waals surface area contributed by atoms with Crippen LogP contribution in [-0.2, 0) is 6.18 Å². The van der Waals surface area contributed by atoms with Crippen molar-refractivity contribution in [2.24, 2.45) is 5.10 Å². The van der Waals surface area contributed by atoms with E-state index in [-0.39, 0.29) is 10.9 Å². The van der Waals surface area contributed by atoms with E-state index < -0.39 is 17.3 Å². The second-order valence-electron chi connectivity index (χ2n) is 5.89. The summed E-state index contributed by atoms with van der Waals surface area (Å²) in [4.78, 5) is 16.8. The fourth-order valence-corrected chi connectivity index (χ4v) is 2.67. The number of hydrogen-bond acceptors (Lipinski definition) is 4. The molecule has 0 aliphatic carbocycles. The first-order valence-electron chi connectivity index (χ1n) is 8.16. The lowest BCUT2D eigenvalue weighted by atomic mass is 10.1. The maximum atomic E-state index is 12.8. The Kier molecular flexibility index (Phi) is 4.26. The smallest absolute Gasteiger partial charge is 0.266 e. The molecule has 140 valence electrons. The number of benzene rings is 2. The van der Waals surface area contributed by atoms with Crippen molar-refractivity contribution in [3.63, 3.8) is 0 Å². The normalized spacial score (nSPS) is 12.1. The summed E-state index contributed by atoms with van der Waals surface area (Å²) in [6, 6.07) is 13.8. The highest BCUT2D eigenvalue weighted by atomic mass is 19.4. The second-order valence-corrected chi connectivity index (χ2v) is 5.89. The molecule has 4 rings (SSSR count).